The molecular weight excluding hydrogens is 178 g/mol. The van der Waals surface area contributed by atoms with E-state index in [1.54, 1.807) is 12.4 Å². The van der Waals surface area contributed by atoms with Gasteiger partial charge >= 0.3 is 0 Å². The second kappa shape index (κ2) is 4.69. The molecule has 0 spiro atoms. The molecule has 1 heterocycles. The van der Waals surface area contributed by atoms with Crippen molar-refractivity contribution in [3.05, 3.63) is 18.5 Å². The molecule has 0 fully saturated rings. The lowest BCUT2D eigenvalue weighted by atomic mass is 10.0. The number of rotatable bonds is 5. The van der Waals surface area contributed by atoms with Gasteiger partial charge in [-0.25, -0.2) is 0 Å². The Morgan fingerprint density at radius 2 is 2.36 bits per heavy atom. The summed E-state index contributed by atoms with van der Waals surface area (Å²) in [6.07, 6.45) is 4.35. The van der Waals surface area contributed by atoms with E-state index < -0.39 is 0 Å². The molecule has 4 heteroatoms. The summed E-state index contributed by atoms with van der Waals surface area (Å²) < 4.78 is 0. The van der Waals surface area contributed by atoms with E-state index >= 15 is 0 Å². The summed E-state index contributed by atoms with van der Waals surface area (Å²) in [4.78, 5) is 14.0. The van der Waals surface area contributed by atoms with Gasteiger partial charge in [-0.3, -0.25) is 4.79 Å². The standard InChI is InChI=1S/C10H17N3O/c1-7(2)5-9(10(11)14)13-8-3-4-12-6-8/h3-4,6-7,9,12-13H,5H2,1-2H3,(H2,11,14). The minimum Gasteiger partial charge on any atom is -0.372 e. The van der Waals surface area contributed by atoms with Gasteiger partial charge in [0.1, 0.15) is 6.04 Å². The largest absolute Gasteiger partial charge is 0.372 e. The van der Waals surface area contributed by atoms with Gasteiger partial charge in [-0.1, -0.05) is 13.8 Å². The zero-order valence-corrected chi connectivity index (χ0v) is 8.58. The molecule has 0 aliphatic rings. The van der Waals surface area contributed by atoms with Gasteiger partial charge in [0.05, 0.1) is 5.69 Å². The van der Waals surface area contributed by atoms with Crippen molar-refractivity contribution in [2.24, 2.45) is 11.7 Å². The Hall–Kier alpha value is -1.45. The maximum atomic E-state index is 11.1. The van der Waals surface area contributed by atoms with E-state index in [-0.39, 0.29) is 11.9 Å². The fourth-order valence-corrected chi connectivity index (χ4v) is 1.33. The minimum absolute atomic E-state index is 0.286. The van der Waals surface area contributed by atoms with Gasteiger partial charge < -0.3 is 16.0 Å². The predicted octanol–water partition coefficient (Wildman–Crippen LogP) is 1.33. The van der Waals surface area contributed by atoms with Crippen molar-refractivity contribution in [1.82, 2.24) is 4.98 Å². The van der Waals surface area contributed by atoms with Crippen LogP contribution >= 0.6 is 0 Å². The Morgan fingerprint density at radius 3 is 2.79 bits per heavy atom. The number of nitrogens with two attached hydrogens (primary N) is 1. The fourth-order valence-electron chi connectivity index (χ4n) is 1.33. The normalized spacial score (nSPS) is 12.8. The molecule has 4 N–H and O–H groups in total. The van der Waals surface area contributed by atoms with Crippen molar-refractivity contribution in [3.8, 4) is 0 Å². The molecule has 1 atom stereocenters. The first-order valence-corrected chi connectivity index (χ1v) is 4.78. The Balaban J connectivity index is 2.56. The zero-order chi connectivity index (χ0) is 10.6. The monoisotopic (exact) mass is 195 g/mol. The maximum Gasteiger partial charge on any atom is 0.239 e. The molecule has 1 aromatic rings. The molecule has 0 saturated heterocycles. The lowest BCUT2D eigenvalue weighted by Gasteiger charge is -2.17. The number of aromatic nitrogens is 1. The minimum atomic E-state index is -0.306. The Kier molecular flexibility index (Phi) is 3.56. The molecule has 4 nitrogen and oxygen atoms in total. The number of aromatic amines is 1. The first-order chi connectivity index (χ1) is 6.59. The van der Waals surface area contributed by atoms with Gasteiger partial charge in [-0.15, -0.1) is 0 Å². The number of hydrogen-bond acceptors (Lipinski definition) is 2. The van der Waals surface area contributed by atoms with Crippen molar-refractivity contribution in [1.29, 1.82) is 0 Å². The van der Waals surface area contributed by atoms with Gasteiger partial charge in [-0.2, -0.15) is 0 Å². The lowest BCUT2D eigenvalue weighted by molar-refractivity contribution is -0.119. The second-order valence-electron chi connectivity index (χ2n) is 3.83. The van der Waals surface area contributed by atoms with Crippen LogP contribution in [-0.2, 0) is 4.79 Å². The van der Waals surface area contributed by atoms with E-state index in [0.717, 1.165) is 12.1 Å². The van der Waals surface area contributed by atoms with E-state index in [1.165, 1.54) is 0 Å². The van der Waals surface area contributed by atoms with Crippen LogP contribution in [0.3, 0.4) is 0 Å². The Bertz CT molecular complexity index is 280. The van der Waals surface area contributed by atoms with E-state index in [1.807, 2.05) is 6.07 Å². The van der Waals surface area contributed by atoms with Gasteiger partial charge in [0.15, 0.2) is 0 Å². The van der Waals surface area contributed by atoms with Gasteiger partial charge in [0.2, 0.25) is 5.91 Å². The number of amides is 1. The highest BCUT2D eigenvalue weighted by molar-refractivity contribution is 5.82. The van der Waals surface area contributed by atoms with E-state index in [0.29, 0.717) is 5.92 Å². The van der Waals surface area contributed by atoms with Crippen LogP contribution < -0.4 is 11.1 Å². The molecular formula is C10H17N3O. The molecule has 0 saturated carbocycles. The summed E-state index contributed by atoms with van der Waals surface area (Å²) in [5, 5.41) is 3.08. The third-order valence-electron chi connectivity index (χ3n) is 1.99. The molecule has 1 rings (SSSR count). The molecule has 78 valence electrons. The van der Waals surface area contributed by atoms with Crippen LogP contribution in [0.25, 0.3) is 0 Å². The maximum absolute atomic E-state index is 11.1. The summed E-state index contributed by atoms with van der Waals surface area (Å²) in [5.74, 6) is 0.138. The van der Waals surface area contributed by atoms with Crippen molar-refractivity contribution in [3.63, 3.8) is 0 Å². The highest BCUT2D eigenvalue weighted by Crippen LogP contribution is 2.11. The van der Waals surface area contributed by atoms with Crippen LogP contribution in [0, 0.1) is 5.92 Å². The average Bonchev–Trinajstić information content (AvgIpc) is 2.54. The number of primary amides is 1. The van der Waals surface area contributed by atoms with Crippen molar-refractivity contribution >= 4 is 11.6 Å². The average molecular weight is 195 g/mol. The third kappa shape index (κ3) is 3.12. The molecule has 0 aliphatic carbocycles. The number of carbonyl (C=O) groups is 1. The highest BCUT2D eigenvalue weighted by Gasteiger charge is 2.16. The topological polar surface area (TPSA) is 70.9 Å². The molecule has 0 bridgehead atoms. The highest BCUT2D eigenvalue weighted by atomic mass is 16.1. The summed E-state index contributed by atoms with van der Waals surface area (Å²) in [5.41, 5.74) is 6.19. The van der Waals surface area contributed by atoms with Crippen LogP contribution in [0.5, 0.6) is 0 Å². The summed E-state index contributed by atoms with van der Waals surface area (Å²) in [6.45, 7) is 4.13. The molecule has 0 aromatic carbocycles. The van der Waals surface area contributed by atoms with Gasteiger partial charge in [-0.05, 0) is 18.4 Å². The lowest BCUT2D eigenvalue weighted by Crippen LogP contribution is -2.36. The Labute approximate surface area is 83.9 Å². The van der Waals surface area contributed by atoms with Gasteiger partial charge in [0, 0.05) is 12.4 Å². The smallest absolute Gasteiger partial charge is 0.239 e. The molecule has 1 unspecified atom stereocenters. The molecule has 0 aliphatic heterocycles. The van der Waals surface area contributed by atoms with Crippen LogP contribution in [0.15, 0.2) is 18.5 Å². The summed E-state index contributed by atoms with van der Waals surface area (Å²) in [7, 11) is 0. The number of anilines is 1. The summed E-state index contributed by atoms with van der Waals surface area (Å²) in [6, 6.07) is 1.58. The molecule has 0 radical (unpaired) electrons. The van der Waals surface area contributed by atoms with Crippen LogP contribution in [0.4, 0.5) is 5.69 Å². The first kappa shape index (κ1) is 10.6. The molecule has 14 heavy (non-hydrogen) atoms. The number of nitrogens with one attached hydrogen (secondary N) is 2. The predicted molar refractivity (Wildman–Crippen MR) is 56.9 cm³/mol. The fraction of sp³-hybridized carbons (Fsp3) is 0.500. The van der Waals surface area contributed by atoms with Crippen molar-refractivity contribution in [2.45, 2.75) is 26.3 Å². The third-order valence-corrected chi connectivity index (χ3v) is 1.99. The first-order valence-electron chi connectivity index (χ1n) is 4.78. The van der Waals surface area contributed by atoms with E-state index in [9.17, 15) is 4.79 Å². The van der Waals surface area contributed by atoms with Crippen LogP contribution in [0.1, 0.15) is 20.3 Å². The number of carbonyl (C=O) groups excluding carboxylic acids is 1. The SMILES string of the molecule is CC(C)CC(Nc1cc[nH]c1)C(N)=O. The molecule has 1 amide bonds. The van der Waals surface area contributed by atoms with Crippen molar-refractivity contribution < 1.29 is 4.79 Å². The Morgan fingerprint density at radius 1 is 1.64 bits per heavy atom. The summed E-state index contributed by atoms with van der Waals surface area (Å²) >= 11 is 0. The van der Waals surface area contributed by atoms with Gasteiger partial charge in [0.25, 0.3) is 0 Å². The molecule has 1 aromatic heterocycles. The quantitative estimate of drug-likeness (QED) is 0.663. The van der Waals surface area contributed by atoms with E-state index in [4.69, 9.17) is 5.73 Å². The van der Waals surface area contributed by atoms with Crippen LogP contribution in [-0.4, -0.2) is 16.9 Å². The zero-order valence-electron chi connectivity index (χ0n) is 8.58. The van der Waals surface area contributed by atoms with Crippen LogP contribution in [0.2, 0.25) is 0 Å². The number of H-pyrrole nitrogens is 1. The van der Waals surface area contributed by atoms with Crippen molar-refractivity contribution in [2.75, 3.05) is 5.32 Å². The van der Waals surface area contributed by atoms with E-state index in [2.05, 4.69) is 24.1 Å². The number of hydrogen-bond donors (Lipinski definition) is 3. The second-order valence-corrected chi connectivity index (χ2v) is 3.83.